The first-order chi connectivity index (χ1) is 7.54. The van der Waals surface area contributed by atoms with Crippen molar-refractivity contribution in [2.75, 3.05) is 26.0 Å². The van der Waals surface area contributed by atoms with Gasteiger partial charge in [0.1, 0.15) is 0 Å². The van der Waals surface area contributed by atoms with Gasteiger partial charge in [-0.15, -0.1) is 0 Å². The molecule has 90 valence electrons. The maximum absolute atomic E-state index is 3.38. The van der Waals surface area contributed by atoms with Crippen LogP contribution in [0.5, 0.6) is 0 Å². The van der Waals surface area contributed by atoms with Crippen molar-refractivity contribution in [1.29, 1.82) is 0 Å². The molecule has 0 fully saturated rings. The molecule has 2 nitrogen and oxygen atoms in total. The molecule has 0 aliphatic rings. The highest BCUT2D eigenvalue weighted by atomic mass is 15.1. The average molecular weight is 220 g/mol. The van der Waals surface area contributed by atoms with Crippen molar-refractivity contribution in [3.05, 3.63) is 29.8 Å². The van der Waals surface area contributed by atoms with Crippen molar-refractivity contribution < 1.29 is 0 Å². The zero-order valence-corrected chi connectivity index (χ0v) is 11.1. The molecule has 0 saturated carbocycles. The molecule has 16 heavy (non-hydrogen) atoms. The Bertz CT molecular complexity index is 301. The van der Waals surface area contributed by atoms with Crippen LogP contribution in [-0.4, -0.2) is 21.1 Å². The van der Waals surface area contributed by atoms with Crippen molar-refractivity contribution >= 4 is 5.69 Å². The average Bonchev–Trinajstić information content (AvgIpc) is 2.25. The van der Waals surface area contributed by atoms with Gasteiger partial charge in [0, 0.05) is 25.8 Å². The second kappa shape index (κ2) is 5.90. The zero-order valence-electron chi connectivity index (χ0n) is 11.1. The van der Waals surface area contributed by atoms with Crippen LogP contribution in [0.2, 0.25) is 0 Å². The van der Waals surface area contributed by atoms with Gasteiger partial charge in [-0.1, -0.05) is 26.0 Å². The lowest BCUT2D eigenvalue weighted by molar-refractivity contribution is 0.457. The Morgan fingerprint density at radius 1 is 1.12 bits per heavy atom. The lowest BCUT2D eigenvalue weighted by Crippen LogP contribution is -2.18. The Morgan fingerprint density at radius 2 is 1.69 bits per heavy atom. The fourth-order valence-electron chi connectivity index (χ4n) is 1.90. The van der Waals surface area contributed by atoms with E-state index in [1.54, 1.807) is 0 Å². The molecule has 0 bridgehead atoms. The maximum atomic E-state index is 3.38. The van der Waals surface area contributed by atoms with E-state index in [1.165, 1.54) is 17.7 Å². The minimum absolute atomic E-state index is 0.469. The number of anilines is 1. The molecule has 1 N–H and O–H groups in total. The first-order valence-corrected chi connectivity index (χ1v) is 5.99. The van der Waals surface area contributed by atoms with E-state index in [9.17, 15) is 0 Å². The maximum Gasteiger partial charge on any atom is 0.0361 e. The molecule has 0 aromatic heterocycles. The standard InChI is InChI=1S/C14H24N2/c1-11(2)10-14(15-3)12-6-8-13(9-7-12)16(4)5/h6-9,11,14-15H,10H2,1-5H3. The SMILES string of the molecule is CNC(CC(C)C)c1ccc(N(C)C)cc1. The van der Waals surface area contributed by atoms with Crippen LogP contribution in [0.25, 0.3) is 0 Å². The third-order valence-corrected chi connectivity index (χ3v) is 2.87. The van der Waals surface area contributed by atoms with E-state index in [-0.39, 0.29) is 0 Å². The summed E-state index contributed by atoms with van der Waals surface area (Å²) in [6.07, 6.45) is 1.18. The van der Waals surface area contributed by atoms with Crippen LogP contribution >= 0.6 is 0 Å². The van der Waals surface area contributed by atoms with Gasteiger partial charge in [-0.25, -0.2) is 0 Å². The van der Waals surface area contributed by atoms with Crippen LogP contribution in [0.1, 0.15) is 31.9 Å². The first kappa shape index (κ1) is 13.0. The Kier molecular flexibility index (Phi) is 4.81. The van der Waals surface area contributed by atoms with Crippen LogP contribution in [-0.2, 0) is 0 Å². The Hall–Kier alpha value is -1.02. The highest BCUT2D eigenvalue weighted by molar-refractivity contribution is 5.46. The molecule has 1 aromatic rings. The second-order valence-corrected chi connectivity index (χ2v) is 4.96. The van der Waals surface area contributed by atoms with Crippen molar-refractivity contribution in [2.45, 2.75) is 26.3 Å². The van der Waals surface area contributed by atoms with Crippen LogP contribution in [0.3, 0.4) is 0 Å². The Labute approximate surface area is 99.7 Å². The Morgan fingerprint density at radius 3 is 2.06 bits per heavy atom. The predicted molar refractivity (Wildman–Crippen MR) is 72.0 cm³/mol. The van der Waals surface area contributed by atoms with Gasteiger partial charge in [0.15, 0.2) is 0 Å². The van der Waals surface area contributed by atoms with Gasteiger partial charge >= 0.3 is 0 Å². The van der Waals surface area contributed by atoms with Gasteiger partial charge < -0.3 is 10.2 Å². The van der Waals surface area contributed by atoms with E-state index < -0.39 is 0 Å². The molecule has 1 unspecified atom stereocenters. The second-order valence-electron chi connectivity index (χ2n) is 4.96. The lowest BCUT2D eigenvalue weighted by Gasteiger charge is -2.20. The summed E-state index contributed by atoms with van der Waals surface area (Å²) in [5, 5.41) is 3.38. The third-order valence-electron chi connectivity index (χ3n) is 2.87. The van der Waals surface area contributed by atoms with Gasteiger partial charge in [-0.05, 0) is 37.1 Å². The van der Waals surface area contributed by atoms with Crippen molar-refractivity contribution in [2.24, 2.45) is 5.92 Å². The summed E-state index contributed by atoms with van der Waals surface area (Å²) < 4.78 is 0. The van der Waals surface area contributed by atoms with E-state index in [4.69, 9.17) is 0 Å². The predicted octanol–water partition coefficient (Wildman–Crippen LogP) is 3.06. The van der Waals surface area contributed by atoms with E-state index in [0.29, 0.717) is 12.0 Å². The molecule has 0 spiro atoms. The summed E-state index contributed by atoms with van der Waals surface area (Å²) in [6.45, 7) is 4.52. The highest BCUT2D eigenvalue weighted by Crippen LogP contribution is 2.22. The monoisotopic (exact) mass is 220 g/mol. The highest BCUT2D eigenvalue weighted by Gasteiger charge is 2.10. The summed E-state index contributed by atoms with van der Waals surface area (Å²) in [4.78, 5) is 2.13. The summed E-state index contributed by atoms with van der Waals surface area (Å²) in [5.41, 5.74) is 2.63. The van der Waals surface area contributed by atoms with E-state index in [2.05, 4.69) is 62.4 Å². The fourth-order valence-corrected chi connectivity index (χ4v) is 1.90. The summed E-state index contributed by atoms with van der Waals surface area (Å²) in [6, 6.07) is 9.27. The molecule has 0 aliphatic carbocycles. The molecule has 1 rings (SSSR count). The minimum Gasteiger partial charge on any atom is -0.378 e. The van der Waals surface area contributed by atoms with Gasteiger partial charge in [-0.3, -0.25) is 0 Å². The number of hydrogen-bond donors (Lipinski definition) is 1. The molecule has 0 amide bonds. The minimum atomic E-state index is 0.469. The van der Waals surface area contributed by atoms with E-state index in [1.807, 2.05) is 7.05 Å². The van der Waals surface area contributed by atoms with Crippen molar-refractivity contribution in [1.82, 2.24) is 5.32 Å². The lowest BCUT2D eigenvalue weighted by atomic mass is 9.97. The quantitative estimate of drug-likeness (QED) is 0.820. The van der Waals surface area contributed by atoms with E-state index in [0.717, 1.165) is 0 Å². The fraction of sp³-hybridized carbons (Fsp3) is 0.571. The summed E-state index contributed by atoms with van der Waals surface area (Å²) in [5.74, 6) is 0.714. The molecule has 0 aliphatic heterocycles. The van der Waals surface area contributed by atoms with E-state index >= 15 is 0 Å². The molecular weight excluding hydrogens is 196 g/mol. The third kappa shape index (κ3) is 3.53. The largest absolute Gasteiger partial charge is 0.378 e. The molecule has 1 atom stereocenters. The molecule has 0 radical (unpaired) electrons. The number of hydrogen-bond acceptors (Lipinski definition) is 2. The summed E-state index contributed by atoms with van der Waals surface area (Å²) >= 11 is 0. The zero-order chi connectivity index (χ0) is 12.1. The molecule has 0 saturated heterocycles. The molecule has 1 aromatic carbocycles. The molecule has 0 heterocycles. The van der Waals surface area contributed by atoms with Crippen molar-refractivity contribution in [3.63, 3.8) is 0 Å². The number of nitrogens with one attached hydrogen (secondary N) is 1. The topological polar surface area (TPSA) is 15.3 Å². The number of rotatable bonds is 5. The summed E-state index contributed by atoms with van der Waals surface area (Å²) in [7, 11) is 6.17. The van der Waals surface area contributed by atoms with Crippen LogP contribution < -0.4 is 10.2 Å². The Balaban J connectivity index is 2.78. The smallest absolute Gasteiger partial charge is 0.0361 e. The van der Waals surface area contributed by atoms with Crippen LogP contribution in [0.4, 0.5) is 5.69 Å². The van der Waals surface area contributed by atoms with Gasteiger partial charge in [-0.2, -0.15) is 0 Å². The number of nitrogens with zero attached hydrogens (tertiary/aromatic N) is 1. The van der Waals surface area contributed by atoms with Gasteiger partial charge in [0.05, 0.1) is 0 Å². The molecule has 2 heteroatoms. The van der Waals surface area contributed by atoms with Gasteiger partial charge in [0.25, 0.3) is 0 Å². The van der Waals surface area contributed by atoms with Crippen LogP contribution in [0, 0.1) is 5.92 Å². The van der Waals surface area contributed by atoms with Gasteiger partial charge in [0.2, 0.25) is 0 Å². The van der Waals surface area contributed by atoms with Crippen molar-refractivity contribution in [3.8, 4) is 0 Å². The first-order valence-electron chi connectivity index (χ1n) is 5.99. The number of benzene rings is 1. The van der Waals surface area contributed by atoms with Crippen LogP contribution in [0.15, 0.2) is 24.3 Å². The normalized spacial score (nSPS) is 12.9. The molecular formula is C14H24N2.